The van der Waals surface area contributed by atoms with Crippen molar-refractivity contribution in [3.8, 4) is 5.75 Å². The molecule has 2 bridgehead atoms. The van der Waals surface area contributed by atoms with E-state index < -0.39 is 0 Å². The first kappa shape index (κ1) is 14.2. The molecular weight excluding hydrogens is 290 g/mol. The van der Waals surface area contributed by atoms with Gasteiger partial charge in [0.25, 0.3) is 0 Å². The molecule has 4 rings (SSSR count). The van der Waals surface area contributed by atoms with Crippen molar-refractivity contribution >= 4 is 17.5 Å². The Labute approximate surface area is 135 Å². The lowest BCUT2D eigenvalue weighted by molar-refractivity contribution is -0.122. The molecule has 2 fully saturated rings. The molecule has 0 N–H and O–H groups in total. The molecule has 118 valence electrons. The first-order valence-electron chi connectivity index (χ1n) is 7.92. The van der Waals surface area contributed by atoms with Crippen LogP contribution in [0.25, 0.3) is 0 Å². The monoisotopic (exact) mass is 309 g/mol. The molecule has 1 aliphatic heterocycles. The number of nitrogens with zero attached hydrogens (tertiary/aromatic N) is 1. The number of imide groups is 1. The predicted molar refractivity (Wildman–Crippen MR) is 87.0 cm³/mol. The fraction of sp³-hybridized carbons (Fsp3) is 0.368. The van der Waals surface area contributed by atoms with E-state index in [-0.39, 0.29) is 35.5 Å². The van der Waals surface area contributed by atoms with Gasteiger partial charge in [0, 0.05) is 17.9 Å². The molecule has 4 nitrogen and oxygen atoms in total. The van der Waals surface area contributed by atoms with Gasteiger partial charge in [-0.05, 0) is 26.0 Å². The molecule has 0 radical (unpaired) electrons. The Bertz CT molecular complexity index is 739. The van der Waals surface area contributed by atoms with E-state index in [1.807, 2.05) is 6.07 Å². The number of allylic oxidation sites excluding steroid dienone is 4. The normalized spacial score (nSPS) is 31.1. The van der Waals surface area contributed by atoms with Gasteiger partial charge in [-0.2, -0.15) is 0 Å². The van der Waals surface area contributed by atoms with Crippen LogP contribution in [0.15, 0.2) is 47.6 Å². The van der Waals surface area contributed by atoms with Crippen LogP contribution in [-0.4, -0.2) is 18.9 Å². The van der Waals surface area contributed by atoms with Gasteiger partial charge in [-0.1, -0.05) is 29.4 Å². The molecule has 3 aliphatic rings. The highest BCUT2D eigenvalue weighted by Crippen LogP contribution is 2.57. The summed E-state index contributed by atoms with van der Waals surface area (Å²) < 4.78 is 5.21. The average Bonchev–Trinajstić information content (AvgIpc) is 3.17. The van der Waals surface area contributed by atoms with E-state index in [1.54, 1.807) is 25.3 Å². The summed E-state index contributed by atoms with van der Waals surface area (Å²) >= 11 is 0. The molecule has 23 heavy (non-hydrogen) atoms. The van der Waals surface area contributed by atoms with Crippen LogP contribution >= 0.6 is 0 Å². The van der Waals surface area contributed by atoms with Gasteiger partial charge in [0.2, 0.25) is 11.8 Å². The summed E-state index contributed by atoms with van der Waals surface area (Å²) in [6.45, 7) is 4.14. The molecular formula is C19H19NO3. The standard InChI is InChI=1S/C19H19NO3/c1-10(2)15-13-7-8-14(15)17-16(13)18(21)20(19(17)22)11-5-4-6-12(9-11)23-3/h4-9,13-14,16-17H,1-3H3/t13?,14?,16-,17+. The second-order valence-corrected chi connectivity index (χ2v) is 6.66. The number of ether oxygens (including phenoxy) is 1. The number of hydrogen-bond acceptors (Lipinski definition) is 3. The lowest BCUT2D eigenvalue weighted by atomic mass is 9.85. The average molecular weight is 309 g/mol. The molecule has 1 saturated carbocycles. The minimum atomic E-state index is -0.242. The molecule has 1 aromatic carbocycles. The molecule has 4 atom stereocenters. The zero-order valence-electron chi connectivity index (χ0n) is 13.4. The number of rotatable bonds is 2. The summed E-state index contributed by atoms with van der Waals surface area (Å²) in [5.74, 6) is 0.172. The Balaban J connectivity index is 1.75. The maximum absolute atomic E-state index is 13.0. The highest BCUT2D eigenvalue weighted by atomic mass is 16.5. The van der Waals surface area contributed by atoms with Gasteiger partial charge in [-0.3, -0.25) is 9.59 Å². The third kappa shape index (κ3) is 1.78. The Morgan fingerprint density at radius 3 is 2.17 bits per heavy atom. The second-order valence-electron chi connectivity index (χ2n) is 6.66. The van der Waals surface area contributed by atoms with Crippen molar-refractivity contribution < 1.29 is 14.3 Å². The van der Waals surface area contributed by atoms with Gasteiger partial charge in [-0.25, -0.2) is 4.90 Å². The summed E-state index contributed by atoms with van der Waals surface area (Å²) in [5.41, 5.74) is 3.10. The largest absolute Gasteiger partial charge is 0.497 e. The van der Waals surface area contributed by atoms with E-state index in [0.717, 1.165) is 0 Å². The zero-order valence-corrected chi connectivity index (χ0v) is 13.4. The number of carbonyl (C=O) groups excluding carboxylic acids is 2. The summed E-state index contributed by atoms with van der Waals surface area (Å²) in [5, 5.41) is 0. The number of hydrogen-bond donors (Lipinski definition) is 0. The van der Waals surface area contributed by atoms with E-state index in [4.69, 9.17) is 4.74 Å². The van der Waals surface area contributed by atoms with E-state index in [0.29, 0.717) is 11.4 Å². The van der Waals surface area contributed by atoms with Crippen LogP contribution in [0.1, 0.15) is 13.8 Å². The number of carbonyl (C=O) groups is 2. The minimum Gasteiger partial charge on any atom is -0.497 e. The Hall–Kier alpha value is -2.36. The van der Waals surface area contributed by atoms with Crippen molar-refractivity contribution in [1.29, 1.82) is 0 Å². The topological polar surface area (TPSA) is 46.6 Å². The summed E-state index contributed by atoms with van der Waals surface area (Å²) in [4.78, 5) is 27.3. The molecule has 0 spiro atoms. The van der Waals surface area contributed by atoms with Crippen LogP contribution in [-0.2, 0) is 9.59 Å². The molecule has 1 heterocycles. The molecule has 1 aromatic rings. The Kier molecular flexibility index (Phi) is 2.98. The van der Waals surface area contributed by atoms with Crippen molar-refractivity contribution in [1.82, 2.24) is 0 Å². The van der Waals surface area contributed by atoms with Crippen molar-refractivity contribution in [2.45, 2.75) is 13.8 Å². The van der Waals surface area contributed by atoms with E-state index in [2.05, 4.69) is 26.0 Å². The number of benzene rings is 1. The molecule has 2 amide bonds. The number of anilines is 1. The minimum absolute atomic E-state index is 0.0798. The fourth-order valence-electron chi connectivity index (χ4n) is 4.43. The van der Waals surface area contributed by atoms with Crippen LogP contribution in [0.5, 0.6) is 5.75 Å². The number of fused-ring (bicyclic) bond motifs is 5. The smallest absolute Gasteiger partial charge is 0.238 e. The number of methoxy groups -OCH3 is 1. The Morgan fingerprint density at radius 2 is 1.65 bits per heavy atom. The highest BCUT2D eigenvalue weighted by Gasteiger charge is 2.61. The molecule has 2 unspecified atom stereocenters. The number of amides is 2. The van der Waals surface area contributed by atoms with Gasteiger partial charge >= 0.3 is 0 Å². The SMILES string of the molecule is COc1cccc(N2C(=O)[C@@H]3C4C=CC(C4=C(C)C)[C@@H]3C2=O)c1. The molecule has 2 aliphatic carbocycles. The van der Waals surface area contributed by atoms with E-state index >= 15 is 0 Å². The quantitative estimate of drug-likeness (QED) is 0.623. The summed E-state index contributed by atoms with van der Waals surface area (Å²) in [6.07, 6.45) is 4.21. The van der Waals surface area contributed by atoms with Crippen LogP contribution in [0.4, 0.5) is 5.69 Å². The maximum atomic E-state index is 13.0. The van der Waals surface area contributed by atoms with Crippen molar-refractivity contribution in [3.63, 3.8) is 0 Å². The fourth-order valence-corrected chi connectivity index (χ4v) is 4.43. The Morgan fingerprint density at radius 1 is 1.04 bits per heavy atom. The first-order valence-corrected chi connectivity index (χ1v) is 7.92. The molecule has 1 saturated heterocycles. The van der Waals surface area contributed by atoms with Gasteiger partial charge in [0.15, 0.2) is 0 Å². The molecule has 0 aromatic heterocycles. The van der Waals surface area contributed by atoms with Gasteiger partial charge < -0.3 is 4.74 Å². The summed E-state index contributed by atoms with van der Waals surface area (Å²) in [6, 6.07) is 7.14. The lowest BCUT2D eigenvalue weighted by Crippen LogP contribution is -2.33. The van der Waals surface area contributed by atoms with Gasteiger partial charge in [0.05, 0.1) is 24.6 Å². The second kappa shape index (κ2) is 4.82. The van der Waals surface area contributed by atoms with Crippen LogP contribution in [0, 0.1) is 23.7 Å². The summed E-state index contributed by atoms with van der Waals surface area (Å²) in [7, 11) is 1.58. The first-order chi connectivity index (χ1) is 11.0. The van der Waals surface area contributed by atoms with Gasteiger partial charge in [-0.15, -0.1) is 0 Å². The van der Waals surface area contributed by atoms with Crippen molar-refractivity contribution in [2.75, 3.05) is 12.0 Å². The zero-order chi connectivity index (χ0) is 16.3. The van der Waals surface area contributed by atoms with Gasteiger partial charge in [0.1, 0.15) is 5.75 Å². The lowest BCUT2D eigenvalue weighted by Gasteiger charge is -2.19. The van der Waals surface area contributed by atoms with Crippen LogP contribution in [0.2, 0.25) is 0 Å². The predicted octanol–water partition coefficient (Wildman–Crippen LogP) is 2.95. The highest BCUT2D eigenvalue weighted by molar-refractivity contribution is 6.23. The van der Waals surface area contributed by atoms with Crippen molar-refractivity contribution in [3.05, 3.63) is 47.6 Å². The van der Waals surface area contributed by atoms with Crippen LogP contribution < -0.4 is 9.64 Å². The third-order valence-electron chi connectivity index (χ3n) is 5.30. The van der Waals surface area contributed by atoms with Crippen LogP contribution in [0.3, 0.4) is 0 Å². The van der Waals surface area contributed by atoms with E-state index in [9.17, 15) is 9.59 Å². The third-order valence-corrected chi connectivity index (χ3v) is 5.30. The molecule has 4 heteroatoms. The van der Waals surface area contributed by atoms with E-state index in [1.165, 1.54) is 16.0 Å². The van der Waals surface area contributed by atoms with Crippen molar-refractivity contribution in [2.24, 2.45) is 23.7 Å². The maximum Gasteiger partial charge on any atom is 0.238 e.